The summed E-state index contributed by atoms with van der Waals surface area (Å²) in [5.41, 5.74) is 2.13. The van der Waals surface area contributed by atoms with E-state index in [9.17, 15) is 9.59 Å². The monoisotopic (exact) mass is 363 g/mol. The van der Waals surface area contributed by atoms with E-state index >= 15 is 0 Å². The number of nitrogens with zero attached hydrogens (tertiary/aromatic N) is 2. The highest BCUT2D eigenvalue weighted by molar-refractivity contribution is 5.80. The van der Waals surface area contributed by atoms with Gasteiger partial charge in [-0.05, 0) is 48.6 Å². The zero-order chi connectivity index (χ0) is 18.8. The molecule has 6 nitrogen and oxygen atoms in total. The predicted octanol–water partition coefficient (Wildman–Crippen LogP) is 2.67. The number of benzene rings is 2. The van der Waals surface area contributed by atoms with Crippen molar-refractivity contribution in [2.75, 3.05) is 7.11 Å². The molecule has 0 aliphatic heterocycles. The van der Waals surface area contributed by atoms with Crippen molar-refractivity contribution >= 4 is 16.9 Å². The van der Waals surface area contributed by atoms with Gasteiger partial charge < -0.3 is 10.1 Å². The number of hydrogen-bond acceptors (Lipinski definition) is 4. The summed E-state index contributed by atoms with van der Waals surface area (Å²) in [5.74, 6) is 1.05. The molecule has 0 saturated heterocycles. The van der Waals surface area contributed by atoms with Crippen LogP contribution in [0.5, 0.6) is 5.75 Å². The molecule has 1 N–H and O–H groups in total. The Morgan fingerprint density at radius 1 is 1.22 bits per heavy atom. The van der Waals surface area contributed by atoms with Crippen molar-refractivity contribution in [2.24, 2.45) is 5.92 Å². The summed E-state index contributed by atoms with van der Waals surface area (Å²) < 4.78 is 6.68. The van der Waals surface area contributed by atoms with Gasteiger partial charge in [0.05, 0.1) is 30.4 Å². The van der Waals surface area contributed by atoms with Crippen molar-refractivity contribution in [2.45, 2.75) is 25.4 Å². The summed E-state index contributed by atoms with van der Waals surface area (Å²) in [4.78, 5) is 29.1. The number of para-hydroxylation sites is 2. The Balaban J connectivity index is 1.56. The number of rotatable bonds is 6. The molecule has 27 heavy (non-hydrogen) atoms. The van der Waals surface area contributed by atoms with Gasteiger partial charge in [0, 0.05) is 0 Å². The van der Waals surface area contributed by atoms with Crippen molar-refractivity contribution in [1.82, 2.24) is 14.9 Å². The SMILES string of the molecule is COc1ccc(C(NC(=O)Cn2c(=O)cnc3ccccc32)C2CC2)cc1. The Bertz CT molecular complexity index is 1020. The van der Waals surface area contributed by atoms with Gasteiger partial charge in [0.2, 0.25) is 5.91 Å². The highest BCUT2D eigenvalue weighted by Crippen LogP contribution is 2.41. The molecule has 1 aliphatic carbocycles. The first-order valence-electron chi connectivity index (χ1n) is 9.03. The molecular formula is C21H21N3O3. The van der Waals surface area contributed by atoms with E-state index < -0.39 is 0 Å². The van der Waals surface area contributed by atoms with Crippen molar-refractivity contribution in [3.8, 4) is 5.75 Å². The lowest BCUT2D eigenvalue weighted by atomic mass is 10.0. The van der Waals surface area contributed by atoms with Crippen LogP contribution in [0.15, 0.2) is 59.5 Å². The zero-order valence-electron chi connectivity index (χ0n) is 15.1. The first-order valence-corrected chi connectivity index (χ1v) is 9.03. The minimum Gasteiger partial charge on any atom is -0.497 e. The van der Waals surface area contributed by atoms with Crippen LogP contribution in [0.2, 0.25) is 0 Å². The van der Waals surface area contributed by atoms with Crippen LogP contribution in [0.4, 0.5) is 0 Å². The third-order valence-corrected chi connectivity index (χ3v) is 4.94. The first-order chi connectivity index (χ1) is 13.2. The van der Waals surface area contributed by atoms with Gasteiger partial charge in [-0.1, -0.05) is 24.3 Å². The standard InChI is InChI=1S/C21H21N3O3/c1-27-16-10-8-15(9-11-16)21(14-6-7-14)23-19(25)13-24-18-5-3-2-4-17(18)22-12-20(24)26/h2-5,8-12,14,21H,6-7,13H2,1H3,(H,23,25). The molecule has 138 valence electrons. The van der Waals surface area contributed by atoms with E-state index in [-0.39, 0.29) is 24.1 Å². The Kier molecular flexibility index (Phi) is 4.62. The maximum Gasteiger partial charge on any atom is 0.269 e. The maximum absolute atomic E-state index is 12.7. The van der Waals surface area contributed by atoms with E-state index in [1.165, 1.54) is 10.8 Å². The van der Waals surface area contributed by atoms with Crippen LogP contribution < -0.4 is 15.6 Å². The third kappa shape index (κ3) is 3.69. The summed E-state index contributed by atoms with van der Waals surface area (Å²) in [6.45, 7) is -0.0265. The van der Waals surface area contributed by atoms with Gasteiger partial charge >= 0.3 is 0 Å². The van der Waals surface area contributed by atoms with Crippen LogP contribution in [0, 0.1) is 5.92 Å². The zero-order valence-corrected chi connectivity index (χ0v) is 15.1. The van der Waals surface area contributed by atoms with E-state index in [4.69, 9.17) is 4.74 Å². The number of ether oxygens (including phenoxy) is 1. The first kappa shape index (κ1) is 17.3. The second-order valence-electron chi connectivity index (χ2n) is 6.83. The average Bonchev–Trinajstić information content (AvgIpc) is 3.54. The van der Waals surface area contributed by atoms with Crippen LogP contribution in [0.25, 0.3) is 11.0 Å². The molecule has 1 aromatic heterocycles. The molecule has 1 amide bonds. The second-order valence-corrected chi connectivity index (χ2v) is 6.83. The topological polar surface area (TPSA) is 73.2 Å². The molecule has 1 saturated carbocycles. The smallest absolute Gasteiger partial charge is 0.269 e. The number of amides is 1. The lowest BCUT2D eigenvalue weighted by Crippen LogP contribution is -2.35. The van der Waals surface area contributed by atoms with Crippen molar-refractivity contribution in [3.63, 3.8) is 0 Å². The van der Waals surface area contributed by atoms with Crippen molar-refractivity contribution < 1.29 is 9.53 Å². The number of carbonyl (C=O) groups is 1. The Labute approximate surface area is 156 Å². The number of nitrogens with one attached hydrogen (secondary N) is 1. The highest BCUT2D eigenvalue weighted by atomic mass is 16.5. The van der Waals surface area contributed by atoms with E-state index in [0.29, 0.717) is 17.0 Å². The summed E-state index contributed by atoms with van der Waals surface area (Å²) in [6.07, 6.45) is 3.45. The fourth-order valence-corrected chi connectivity index (χ4v) is 3.35. The number of carbonyl (C=O) groups excluding carboxylic acids is 1. The van der Waals surface area contributed by atoms with E-state index in [1.807, 2.05) is 42.5 Å². The summed E-state index contributed by atoms with van der Waals surface area (Å²) in [7, 11) is 1.63. The summed E-state index contributed by atoms with van der Waals surface area (Å²) >= 11 is 0. The summed E-state index contributed by atoms with van der Waals surface area (Å²) in [6, 6.07) is 15.0. The molecule has 0 spiro atoms. The lowest BCUT2D eigenvalue weighted by molar-refractivity contribution is -0.122. The predicted molar refractivity (Wildman–Crippen MR) is 103 cm³/mol. The quantitative estimate of drug-likeness (QED) is 0.731. The fourth-order valence-electron chi connectivity index (χ4n) is 3.35. The Hall–Kier alpha value is -3.15. The molecule has 2 aromatic carbocycles. The second kappa shape index (κ2) is 7.23. The molecule has 1 fully saturated rings. The number of aromatic nitrogens is 2. The Morgan fingerprint density at radius 2 is 1.96 bits per heavy atom. The molecule has 1 aliphatic rings. The molecule has 1 atom stereocenters. The minimum atomic E-state index is -0.281. The normalized spacial score (nSPS) is 14.7. The van der Waals surface area contributed by atoms with Gasteiger partial charge in [-0.25, -0.2) is 4.98 Å². The molecule has 3 aromatic rings. The largest absolute Gasteiger partial charge is 0.497 e. The molecule has 1 unspecified atom stereocenters. The summed E-state index contributed by atoms with van der Waals surface area (Å²) in [5, 5.41) is 3.11. The van der Waals surface area contributed by atoms with Crippen LogP contribution in [-0.2, 0) is 11.3 Å². The van der Waals surface area contributed by atoms with E-state index in [0.717, 1.165) is 24.2 Å². The van der Waals surface area contributed by atoms with Crippen LogP contribution in [0.1, 0.15) is 24.4 Å². The minimum absolute atomic E-state index is 0.0265. The van der Waals surface area contributed by atoms with Crippen LogP contribution in [0.3, 0.4) is 0 Å². The van der Waals surface area contributed by atoms with Crippen molar-refractivity contribution in [1.29, 1.82) is 0 Å². The molecule has 6 heteroatoms. The number of methoxy groups -OCH3 is 1. The van der Waals surface area contributed by atoms with E-state index in [2.05, 4.69) is 10.3 Å². The average molecular weight is 363 g/mol. The highest BCUT2D eigenvalue weighted by Gasteiger charge is 2.33. The van der Waals surface area contributed by atoms with Gasteiger partial charge in [0.1, 0.15) is 12.3 Å². The Morgan fingerprint density at radius 3 is 2.67 bits per heavy atom. The molecule has 4 rings (SSSR count). The van der Waals surface area contributed by atoms with Crippen LogP contribution in [-0.4, -0.2) is 22.6 Å². The van der Waals surface area contributed by atoms with Gasteiger partial charge in [0.25, 0.3) is 5.56 Å². The molecule has 1 heterocycles. The molecular weight excluding hydrogens is 342 g/mol. The van der Waals surface area contributed by atoms with Crippen LogP contribution >= 0.6 is 0 Å². The van der Waals surface area contributed by atoms with Gasteiger partial charge in [-0.3, -0.25) is 14.2 Å². The fraction of sp³-hybridized carbons (Fsp3) is 0.286. The van der Waals surface area contributed by atoms with Gasteiger partial charge in [-0.2, -0.15) is 0 Å². The number of hydrogen-bond donors (Lipinski definition) is 1. The lowest BCUT2D eigenvalue weighted by Gasteiger charge is -2.20. The molecule has 0 radical (unpaired) electrons. The number of fused-ring (bicyclic) bond motifs is 1. The van der Waals surface area contributed by atoms with Gasteiger partial charge in [-0.15, -0.1) is 0 Å². The molecule has 0 bridgehead atoms. The van der Waals surface area contributed by atoms with Gasteiger partial charge in [0.15, 0.2) is 0 Å². The van der Waals surface area contributed by atoms with E-state index in [1.54, 1.807) is 13.2 Å². The van der Waals surface area contributed by atoms with Crippen molar-refractivity contribution in [3.05, 3.63) is 70.6 Å². The third-order valence-electron chi connectivity index (χ3n) is 4.94. The maximum atomic E-state index is 12.7.